The van der Waals surface area contributed by atoms with E-state index in [0.717, 1.165) is 6.42 Å². The Kier molecular flexibility index (Phi) is 6.09. The normalized spacial score (nSPS) is 23.8. The van der Waals surface area contributed by atoms with Crippen LogP contribution in [0.25, 0.3) is 0 Å². The molecule has 4 amide bonds. The second-order valence-corrected chi connectivity index (χ2v) is 9.55. The molecule has 36 heavy (non-hydrogen) atoms. The largest absolute Gasteiger partial charge is 0.452 e. The lowest BCUT2D eigenvalue weighted by Crippen LogP contribution is -2.43. The first-order valence-corrected chi connectivity index (χ1v) is 11.8. The zero-order valence-electron chi connectivity index (χ0n) is 19.2. The lowest BCUT2D eigenvalue weighted by atomic mass is 9.82. The molecule has 2 N–H and O–H groups in total. The Bertz CT molecular complexity index is 1300. The second-order valence-electron chi connectivity index (χ2n) is 9.11. The molecule has 1 saturated heterocycles. The van der Waals surface area contributed by atoms with Gasteiger partial charge in [0, 0.05) is 10.6 Å². The highest BCUT2D eigenvalue weighted by molar-refractivity contribution is 6.30. The minimum atomic E-state index is -0.769. The maximum atomic E-state index is 13.1. The maximum absolute atomic E-state index is 13.1. The van der Waals surface area contributed by atoms with Crippen LogP contribution < -0.4 is 15.8 Å². The Morgan fingerprint density at radius 3 is 2.28 bits per heavy atom. The summed E-state index contributed by atoms with van der Waals surface area (Å²) in [6.07, 6.45) is 2.97. The van der Waals surface area contributed by atoms with Crippen LogP contribution in [-0.4, -0.2) is 36.2 Å². The SMILES string of the molecule is CC1=C[C@H]2C[C@H]1[C@@H]1C(=O)N(c3ccc(C(=O)OCC(=O)NNC(=O)c4ccc(Cl)cc4)cc3)C(=O)[C@H]12. The summed E-state index contributed by atoms with van der Waals surface area (Å²) in [4.78, 5) is 63.5. The Hall–Kier alpha value is -3.98. The fourth-order valence-electron chi connectivity index (χ4n) is 5.33. The van der Waals surface area contributed by atoms with E-state index in [1.807, 2.05) is 6.92 Å². The number of halogens is 1. The molecule has 2 bridgehead atoms. The summed E-state index contributed by atoms with van der Waals surface area (Å²) < 4.78 is 4.99. The van der Waals surface area contributed by atoms with E-state index in [4.69, 9.17) is 16.3 Å². The molecular weight excluding hydrogens is 486 g/mol. The summed E-state index contributed by atoms with van der Waals surface area (Å²) in [6.45, 7) is 1.39. The number of imide groups is 1. The predicted molar refractivity (Wildman–Crippen MR) is 129 cm³/mol. The maximum Gasteiger partial charge on any atom is 0.338 e. The Morgan fingerprint density at radius 1 is 0.944 bits per heavy atom. The molecule has 0 radical (unpaired) electrons. The van der Waals surface area contributed by atoms with E-state index in [1.165, 1.54) is 59.0 Å². The summed E-state index contributed by atoms with van der Waals surface area (Å²) in [7, 11) is 0. The molecule has 1 heterocycles. The van der Waals surface area contributed by atoms with Crippen LogP contribution in [0.2, 0.25) is 5.02 Å². The summed E-state index contributed by atoms with van der Waals surface area (Å²) >= 11 is 5.77. The van der Waals surface area contributed by atoms with E-state index in [-0.39, 0.29) is 46.6 Å². The minimum Gasteiger partial charge on any atom is -0.452 e. The number of nitrogens with one attached hydrogen (secondary N) is 2. The number of benzene rings is 2. The number of carbonyl (C=O) groups excluding carboxylic acids is 5. The van der Waals surface area contributed by atoms with Gasteiger partial charge in [-0.15, -0.1) is 0 Å². The third-order valence-corrected chi connectivity index (χ3v) is 7.25. The molecule has 0 spiro atoms. The van der Waals surface area contributed by atoms with Crippen LogP contribution in [0.4, 0.5) is 5.69 Å². The van der Waals surface area contributed by atoms with E-state index in [1.54, 1.807) is 0 Å². The number of ether oxygens (including phenoxy) is 1. The molecule has 184 valence electrons. The van der Waals surface area contributed by atoms with E-state index in [2.05, 4.69) is 16.9 Å². The molecule has 2 aromatic rings. The van der Waals surface area contributed by atoms with Crippen molar-refractivity contribution in [2.75, 3.05) is 11.5 Å². The van der Waals surface area contributed by atoms with Gasteiger partial charge in [-0.05, 0) is 73.7 Å². The number of hydrazine groups is 1. The fourth-order valence-corrected chi connectivity index (χ4v) is 5.45. The summed E-state index contributed by atoms with van der Waals surface area (Å²) in [5, 5.41) is 0.469. The molecule has 2 fully saturated rings. The van der Waals surface area contributed by atoms with Gasteiger partial charge in [0.2, 0.25) is 11.8 Å². The van der Waals surface area contributed by atoms with Gasteiger partial charge in [-0.25, -0.2) is 4.79 Å². The molecule has 5 rings (SSSR count). The Morgan fingerprint density at radius 2 is 1.58 bits per heavy atom. The van der Waals surface area contributed by atoms with Crippen molar-refractivity contribution in [3.8, 4) is 0 Å². The van der Waals surface area contributed by atoms with E-state index >= 15 is 0 Å². The van der Waals surface area contributed by atoms with Crippen molar-refractivity contribution in [2.45, 2.75) is 13.3 Å². The van der Waals surface area contributed by atoms with Crippen LogP contribution in [-0.2, 0) is 19.1 Å². The van der Waals surface area contributed by atoms with Crippen molar-refractivity contribution in [3.63, 3.8) is 0 Å². The zero-order valence-corrected chi connectivity index (χ0v) is 20.0. The van der Waals surface area contributed by atoms with Gasteiger partial charge in [0.15, 0.2) is 6.61 Å². The minimum absolute atomic E-state index is 0.109. The Balaban J connectivity index is 1.14. The number of esters is 1. The number of hydrogen-bond donors (Lipinski definition) is 2. The quantitative estimate of drug-likeness (QED) is 0.278. The highest BCUT2D eigenvalue weighted by Gasteiger charge is 2.60. The van der Waals surface area contributed by atoms with Crippen LogP contribution in [0.15, 0.2) is 60.2 Å². The van der Waals surface area contributed by atoms with Crippen molar-refractivity contribution >= 4 is 46.9 Å². The predicted octanol–water partition coefficient (Wildman–Crippen LogP) is 2.66. The van der Waals surface area contributed by atoms with Crippen LogP contribution in [0.3, 0.4) is 0 Å². The Labute approximate surface area is 211 Å². The summed E-state index contributed by atoms with van der Waals surface area (Å²) in [6, 6.07) is 12.0. The first-order chi connectivity index (χ1) is 17.2. The van der Waals surface area contributed by atoms with Gasteiger partial charge in [0.05, 0.1) is 23.1 Å². The van der Waals surface area contributed by atoms with E-state index in [0.29, 0.717) is 10.7 Å². The van der Waals surface area contributed by atoms with Crippen molar-refractivity contribution in [1.82, 2.24) is 10.9 Å². The smallest absolute Gasteiger partial charge is 0.338 e. The number of hydrogen-bond acceptors (Lipinski definition) is 6. The number of anilines is 1. The highest BCUT2D eigenvalue weighted by atomic mass is 35.5. The molecule has 1 saturated carbocycles. The first-order valence-electron chi connectivity index (χ1n) is 11.4. The van der Waals surface area contributed by atoms with E-state index in [9.17, 15) is 24.0 Å². The van der Waals surface area contributed by atoms with Gasteiger partial charge < -0.3 is 4.74 Å². The molecule has 0 aromatic heterocycles. The molecule has 2 aliphatic carbocycles. The van der Waals surface area contributed by atoms with Gasteiger partial charge in [0.25, 0.3) is 11.8 Å². The number of rotatable bonds is 5. The van der Waals surface area contributed by atoms with Crippen molar-refractivity contribution in [2.24, 2.45) is 23.7 Å². The van der Waals surface area contributed by atoms with Crippen LogP contribution >= 0.6 is 11.6 Å². The molecule has 10 heteroatoms. The van der Waals surface area contributed by atoms with Gasteiger partial charge in [-0.1, -0.05) is 23.3 Å². The molecule has 4 atom stereocenters. The average Bonchev–Trinajstić information content (AvgIpc) is 3.51. The monoisotopic (exact) mass is 507 g/mol. The molecule has 2 aromatic carbocycles. The summed E-state index contributed by atoms with van der Waals surface area (Å²) in [5.74, 6) is -2.85. The number of amides is 4. The third kappa shape index (κ3) is 4.15. The zero-order chi connectivity index (χ0) is 25.6. The van der Waals surface area contributed by atoms with Crippen LogP contribution in [0.1, 0.15) is 34.1 Å². The standard InChI is InChI=1S/C26H22ClN3O6/c1-13-10-16-11-19(13)22-21(16)24(33)30(25(22)34)18-8-4-15(5-9-18)26(35)36-12-20(31)28-29-23(32)14-2-6-17(27)7-3-14/h2-10,16,19,21-22H,11-12H2,1H3,(H,28,31)(H,29,32)/t16-,19+,21-,22-/m0/s1. The number of fused-ring (bicyclic) bond motifs is 5. The number of nitrogens with zero attached hydrogens (tertiary/aromatic N) is 1. The van der Waals surface area contributed by atoms with Crippen LogP contribution in [0, 0.1) is 23.7 Å². The van der Waals surface area contributed by atoms with Crippen LogP contribution in [0.5, 0.6) is 0 Å². The van der Waals surface area contributed by atoms with Gasteiger partial charge in [0.1, 0.15) is 0 Å². The lowest BCUT2D eigenvalue weighted by Gasteiger charge is -2.19. The van der Waals surface area contributed by atoms with Gasteiger partial charge in [-0.2, -0.15) is 0 Å². The molecule has 9 nitrogen and oxygen atoms in total. The van der Waals surface area contributed by atoms with E-state index < -0.39 is 24.4 Å². The first kappa shape index (κ1) is 23.7. The fraction of sp³-hybridized carbons (Fsp3) is 0.269. The van der Waals surface area contributed by atoms with Gasteiger partial charge in [-0.3, -0.25) is 34.9 Å². The second kappa shape index (κ2) is 9.23. The number of allylic oxidation sites excluding steroid dienone is 2. The molecule has 3 aliphatic rings. The average molecular weight is 508 g/mol. The topological polar surface area (TPSA) is 122 Å². The third-order valence-electron chi connectivity index (χ3n) is 7.00. The number of carbonyl (C=O) groups is 5. The van der Waals surface area contributed by atoms with Crippen molar-refractivity contribution in [3.05, 3.63) is 76.3 Å². The molecular formula is C26H22ClN3O6. The highest BCUT2D eigenvalue weighted by Crippen LogP contribution is 2.55. The molecule has 1 aliphatic heterocycles. The van der Waals surface area contributed by atoms with Crippen molar-refractivity contribution in [1.29, 1.82) is 0 Å². The lowest BCUT2D eigenvalue weighted by molar-refractivity contribution is -0.125. The van der Waals surface area contributed by atoms with Gasteiger partial charge >= 0.3 is 5.97 Å². The summed E-state index contributed by atoms with van der Waals surface area (Å²) in [5.41, 5.74) is 6.38. The molecule has 0 unspecified atom stereocenters. The van der Waals surface area contributed by atoms with Crippen molar-refractivity contribution < 1.29 is 28.7 Å².